The fraction of sp³-hybridized carbons (Fsp3) is 0.400. The molecular weight excluding hydrogens is 344 g/mol. The van der Waals surface area contributed by atoms with Gasteiger partial charge in [-0.1, -0.05) is 19.4 Å². The third-order valence-electron chi connectivity index (χ3n) is 4.24. The highest BCUT2D eigenvalue weighted by molar-refractivity contribution is 6.03. The number of rotatable bonds is 8. The van der Waals surface area contributed by atoms with E-state index < -0.39 is 5.91 Å². The molecule has 1 heterocycles. The lowest BCUT2D eigenvalue weighted by atomic mass is 10.1. The molecule has 2 amide bonds. The largest absolute Gasteiger partial charge is 0.339 e. The van der Waals surface area contributed by atoms with E-state index in [4.69, 9.17) is 0 Å². The van der Waals surface area contributed by atoms with Crippen LogP contribution in [0.25, 0.3) is 0 Å². The number of aromatic nitrogens is 2. The Hall–Kier alpha value is -2.96. The number of aryl methyl sites for hydroxylation is 1. The van der Waals surface area contributed by atoms with Gasteiger partial charge in [-0.25, -0.2) is 4.68 Å². The SMILES string of the molecule is CCCCn1nc(C(=O)Nc2cccc(C(=O)N(CC)CC)c2)ccc1=O. The summed E-state index contributed by atoms with van der Waals surface area (Å²) < 4.78 is 1.30. The second kappa shape index (κ2) is 9.66. The second-order valence-corrected chi connectivity index (χ2v) is 6.15. The lowest BCUT2D eigenvalue weighted by molar-refractivity contribution is 0.0772. The summed E-state index contributed by atoms with van der Waals surface area (Å²) in [5.41, 5.74) is 0.946. The third kappa shape index (κ3) is 5.26. The van der Waals surface area contributed by atoms with Crippen LogP contribution in [-0.4, -0.2) is 39.6 Å². The molecule has 0 atom stereocenters. The van der Waals surface area contributed by atoms with Gasteiger partial charge in [-0.05, 0) is 44.5 Å². The Labute approximate surface area is 159 Å². The number of hydrogen-bond donors (Lipinski definition) is 1. The number of carbonyl (C=O) groups is 2. The van der Waals surface area contributed by atoms with Gasteiger partial charge in [0, 0.05) is 37.0 Å². The molecule has 27 heavy (non-hydrogen) atoms. The van der Waals surface area contributed by atoms with Gasteiger partial charge in [0.2, 0.25) is 0 Å². The van der Waals surface area contributed by atoms with Crippen molar-refractivity contribution in [1.29, 1.82) is 0 Å². The zero-order valence-corrected chi connectivity index (χ0v) is 16.1. The summed E-state index contributed by atoms with van der Waals surface area (Å²) >= 11 is 0. The molecule has 2 aromatic rings. The molecule has 0 aliphatic heterocycles. The normalized spacial score (nSPS) is 10.5. The fourth-order valence-corrected chi connectivity index (χ4v) is 2.66. The minimum atomic E-state index is -0.423. The number of unbranched alkanes of at least 4 members (excludes halogenated alkanes) is 1. The van der Waals surface area contributed by atoms with Crippen molar-refractivity contribution in [2.75, 3.05) is 18.4 Å². The van der Waals surface area contributed by atoms with Crippen LogP contribution in [0, 0.1) is 0 Å². The molecule has 0 saturated heterocycles. The molecule has 0 fully saturated rings. The first-order valence-corrected chi connectivity index (χ1v) is 9.29. The van der Waals surface area contributed by atoms with Crippen molar-refractivity contribution in [3.63, 3.8) is 0 Å². The Morgan fingerprint density at radius 2 is 1.85 bits per heavy atom. The summed E-state index contributed by atoms with van der Waals surface area (Å²) in [7, 11) is 0. The number of benzene rings is 1. The smallest absolute Gasteiger partial charge is 0.276 e. The van der Waals surface area contributed by atoms with Crippen LogP contribution in [0.5, 0.6) is 0 Å². The molecule has 144 valence electrons. The summed E-state index contributed by atoms with van der Waals surface area (Å²) in [6, 6.07) is 9.56. The minimum absolute atomic E-state index is 0.0812. The van der Waals surface area contributed by atoms with Crippen LogP contribution in [0.3, 0.4) is 0 Å². The predicted molar refractivity (Wildman–Crippen MR) is 105 cm³/mol. The number of nitrogens with one attached hydrogen (secondary N) is 1. The first kappa shape index (κ1) is 20.4. The lowest BCUT2D eigenvalue weighted by Gasteiger charge is -2.19. The average Bonchev–Trinajstić information content (AvgIpc) is 2.68. The van der Waals surface area contributed by atoms with Crippen molar-refractivity contribution in [1.82, 2.24) is 14.7 Å². The van der Waals surface area contributed by atoms with E-state index in [1.165, 1.54) is 16.8 Å². The average molecular weight is 370 g/mol. The number of nitrogens with zero attached hydrogens (tertiary/aromatic N) is 3. The van der Waals surface area contributed by atoms with Gasteiger partial charge in [-0.15, -0.1) is 0 Å². The van der Waals surface area contributed by atoms with Crippen LogP contribution >= 0.6 is 0 Å². The lowest BCUT2D eigenvalue weighted by Crippen LogP contribution is -2.30. The first-order chi connectivity index (χ1) is 13.0. The van der Waals surface area contributed by atoms with Crippen molar-refractivity contribution in [3.05, 3.63) is 58.0 Å². The molecule has 0 bridgehead atoms. The van der Waals surface area contributed by atoms with E-state index in [1.807, 2.05) is 20.8 Å². The standard InChI is InChI=1S/C20H26N4O3/c1-4-7-13-24-18(25)12-11-17(22-24)19(26)21-16-10-8-9-15(14-16)20(27)23(5-2)6-3/h8-12,14H,4-7,13H2,1-3H3,(H,21,26). The van der Waals surface area contributed by atoms with Crippen molar-refractivity contribution >= 4 is 17.5 Å². The molecule has 7 heteroatoms. The predicted octanol–water partition coefficient (Wildman–Crippen LogP) is 2.78. The number of anilines is 1. The maximum absolute atomic E-state index is 12.5. The molecule has 0 unspecified atom stereocenters. The second-order valence-electron chi connectivity index (χ2n) is 6.15. The van der Waals surface area contributed by atoms with Gasteiger partial charge in [0.25, 0.3) is 17.4 Å². The molecule has 2 rings (SSSR count). The molecular formula is C20H26N4O3. The van der Waals surface area contributed by atoms with Gasteiger partial charge >= 0.3 is 0 Å². The molecule has 0 saturated carbocycles. The van der Waals surface area contributed by atoms with Gasteiger partial charge in [0.15, 0.2) is 0 Å². The van der Waals surface area contributed by atoms with Gasteiger partial charge in [-0.2, -0.15) is 5.10 Å². The Morgan fingerprint density at radius 1 is 1.11 bits per heavy atom. The fourth-order valence-electron chi connectivity index (χ4n) is 2.66. The summed E-state index contributed by atoms with van der Waals surface area (Å²) in [5, 5.41) is 6.88. The quantitative estimate of drug-likeness (QED) is 0.774. The minimum Gasteiger partial charge on any atom is -0.339 e. The van der Waals surface area contributed by atoms with E-state index >= 15 is 0 Å². The van der Waals surface area contributed by atoms with E-state index in [1.54, 1.807) is 29.2 Å². The monoisotopic (exact) mass is 370 g/mol. The maximum atomic E-state index is 12.5. The molecule has 1 aromatic carbocycles. The van der Waals surface area contributed by atoms with Gasteiger partial charge in [0.05, 0.1) is 0 Å². The van der Waals surface area contributed by atoms with Crippen LogP contribution in [-0.2, 0) is 6.54 Å². The Kier molecular flexibility index (Phi) is 7.28. The highest BCUT2D eigenvalue weighted by atomic mass is 16.2. The Bertz CT molecular complexity index is 856. The highest BCUT2D eigenvalue weighted by Crippen LogP contribution is 2.14. The summed E-state index contributed by atoms with van der Waals surface area (Å²) in [5.74, 6) is -0.505. The van der Waals surface area contributed by atoms with Crippen molar-refractivity contribution in [3.8, 4) is 0 Å². The Balaban J connectivity index is 2.17. The van der Waals surface area contributed by atoms with E-state index in [0.29, 0.717) is 30.9 Å². The third-order valence-corrected chi connectivity index (χ3v) is 4.24. The van der Waals surface area contributed by atoms with Crippen LogP contribution in [0.4, 0.5) is 5.69 Å². The van der Waals surface area contributed by atoms with Gasteiger partial charge in [-0.3, -0.25) is 14.4 Å². The molecule has 0 aliphatic rings. The summed E-state index contributed by atoms with van der Waals surface area (Å²) in [6.07, 6.45) is 1.74. The van der Waals surface area contributed by atoms with Crippen LogP contribution in [0.1, 0.15) is 54.5 Å². The van der Waals surface area contributed by atoms with Gasteiger partial charge < -0.3 is 10.2 Å². The molecule has 7 nitrogen and oxygen atoms in total. The van der Waals surface area contributed by atoms with Crippen molar-refractivity contribution < 1.29 is 9.59 Å². The van der Waals surface area contributed by atoms with E-state index in [-0.39, 0.29) is 17.2 Å². The maximum Gasteiger partial charge on any atom is 0.276 e. The zero-order valence-electron chi connectivity index (χ0n) is 16.1. The van der Waals surface area contributed by atoms with Crippen LogP contribution < -0.4 is 10.9 Å². The Morgan fingerprint density at radius 3 is 2.52 bits per heavy atom. The number of amides is 2. The zero-order chi connectivity index (χ0) is 19.8. The van der Waals surface area contributed by atoms with Crippen LogP contribution in [0.2, 0.25) is 0 Å². The van der Waals surface area contributed by atoms with E-state index in [9.17, 15) is 14.4 Å². The summed E-state index contributed by atoms with van der Waals surface area (Å²) in [4.78, 5) is 38.5. The van der Waals surface area contributed by atoms with E-state index in [0.717, 1.165) is 12.8 Å². The number of hydrogen-bond acceptors (Lipinski definition) is 4. The first-order valence-electron chi connectivity index (χ1n) is 9.29. The van der Waals surface area contributed by atoms with Crippen molar-refractivity contribution in [2.45, 2.75) is 40.2 Å². The van der Waals surface area contributed by atoms with E-state index in [2.05, 4.69) is 10.4 Å². The van der Waals surface area contributed by atoms with Gasteiger partial charge in [0.1, 0.15) is 5.69 Å². The molecule has 0 aliphatic carbocycles. The molecule has 1 aromatic heterocycles. The van der Waals surface area contributed by atoms with Crippen molar-refractivity contribution in [2.24, 2.45) is 0 Å². The molecule has 0 spiro atoms. The number of carbonyl (C=O) groups excluding carboxylic acids is 2. The highest BCUT2D eigenvalue weighted by Gasteiger charge is 2.14. The molecule has 1 N–H and O–H groups in total. The molecule has 0 radical (unpaired) electrons. The van der Waals surface area contributed by atoms with Crippen LogP contribution in [0.15, 0.2) is 41.2 Å². The summed E-state index contributed by atoms with van der Waals surface area (Å²) in [6.45, 7) is 7.58. The topological polar surface area (TPSA) is 84.3 Å².